The Morgan fingerprint density at radius 3 is 2.53 bits per heavy atom. The van der Waals surface area contributed by atoms with Crippen LogP contribution >= 0.6 is 23.4 Å². The summed E-state index contributed by atoms with van der Waals surface area (Å²) in [5.41, 5.74) is 1.69. The molecule has 1 atom stereocenters. The van der Waals surface area contributed by atoms with Gasteiger partial charge in [-0.2, -0.15) is 0 Å². The summed E-state index contributed by atoms with van der Waals surface area (Å²) < 4.78 is 0. The highest BCUT2D eigenvalue weighted by Crippen LogP contribution is 2.38. The van der Waals surface area contributed by atoms with Gasteiger partial charge < -0.3 is 20.9 Å². The summed E-state index contributed by atoms with van der Waals surface area (Å²) in [6.45, 7) is 1.47. The molecule has 2 aromatic carbocycles. The number of likely N-dealkylation sites (tertiary alicyclic amines) is 1. The molecule has 30 heavy (non-hydrogen) atoms. The molecule has 0 aromatic heterocycles. The van der Waals surface area contributed by atoms with Gasteiger partial charge in [0.05, 0.1) is 22.3 Å². The van der Waals surface area contributed by atoms with Crippen LogP contribution in [0, 0.1) is 0 Å². The van der Waals surface area contributed by atoms with Crippen molar-refractivity contribution >= 4 is 58.3 Å². The number of rotatable bonds is 4. The van der Waals surface area contributed by atoms with Crippen LogP contribution in [0.25, 0.3) is 0 Å². The largest absolute Gasteiger partial charge is 0.325 e. The fourth-order valence-electron chi connectivity index (χ4n) is 3.44. The Bertz CT molecular complexity index is 994. The standard InChI is InChI=1S/C21H21ClN4O3S/c22-13-7-8-17-16(11-13)24-20(28)18(30-17)12-19(27)23-14-5-1-2-6-15(14)25-21(29)26-9-3-4-10-26/h1-2,5-8,11,18H,3-4,9-10,12H2,(H,23,27)(H,24,28)(H,25,29). The van der Waals surface area contributed by atoms with Gasteiger partial charge in [0.1, 0.15) is 0 Å². The third-order valence-corrected chi connectivity index (χ3v) is 6.48. The van der Waals surface area contributed by atoms with E-state index in [1.807, 2.05) is 6.07 Å². The van der Waals surface area contributed by atoms with Gasteiger partial charge in [-0.1, -0.05) is 23.7 Å². The maximum Gasteiger partial charge on any atom is 0.321 e. The number of hydrogen-bond donors (Lipinski definition) is 3. The van der Waals surface area contributed by atoms with Gasteiger partial charge in [-0.05, 0) is 43.2 Å². The van der Waals surface area contributed by atoms with Gasteiger partial charge in [-0.3, -0.25) is 9.59 Å². The lowest BCUT2D eigenvalue weighted by atomic mass is 10.2. The Balaban J connectivity index is 1.40. The van der Waals surface area contributed by atoms with Crippen LogP contribution in [-0.4, -0.2) is 41.1 Å². The molecule has 7 nitrogen and oxygen atoms in total. The number of anilines is 3. The van der Waals surface area contributed by atoms with Crippen molar-refractivity contribution in [3.8, 4) is 0 Å². The van der Waals surface area contributed by atoms with Crippen molar-refractivity contribution in [2.45, 2.75) is 29.4 Å². The van der Waals surface area contributed by atoms with E-state index in [0.717, 1.165) is 30.8 Å². The number of fused-ring (bicyclic) bond motifs is 1. The molecule has 0 bridgehead atoms. The number of halogens is 1. The van der Waals surface area contributed by atoms with Crippen LogP contribution in [-0.2, 0) is 9.59 Å². The van der Waals surface area contributed by atoms with E-state index >= 15 is 0 Å². The second kappa shape index (κ2) is 8.97. The molecular weight excluding hydrogens is 424 g/mol. The SMILES string of the molecule is O=C(CC1Sc2ccc(Cl)cc2NC1=O)Nc1ccccc1NC(=O)N1CCCC1. The van der Waals surface area contributed by atoms with Gasteiger partial charge in [0, 0.05) is 29.4 Å². The Kier molecular flexibility index (Phi) is 6.15. The lowest BCUT2D eigenvalue weighted by Crippen LogP contribution is -2.33. The summed E-state index contributed by atoms with van der Waals surface area (Å²) in [5, 5.41) is 8.48. The number of thioether (sulfide) groups is 1. The first-order valence-electron chi connectivity index (χ1n) is 9.71. The fourth-order valence-corrected chi connectivity index (χ4v) is 4.71. The van der Waals surface area contributed by atoms with Gasteiger partial charge in [-0.25, -0.2) is 4.79 Å². The number of nitrogens with zero attached hydrogens (tertiary/aromatic N) is 1. The summed E-state index contributed by atoms with van der Waals surface area (Å²) in [7, 11) is 0. The lowest BCUT2D eigenvalue weighted by molar-refractivity contribution is -0.120. The Morgan fingerprint density at radius 2 is 1.80 bits per heavy atom. The first-order valence-corrected chi connectivity index (χ1v) is 11.0. The molecule has 1 fully saturated rings. The Hall–Kier alpha value is -2.71. The van der Waals surface area contributed by atoms with Crippen LogP contribution in [0.1, 0.15) is 19.3 Å². The third kappa shape index (κ3) is 4.71. The smallest absolute Gasteiger partial charge is 0.321 e. The predicted octanol–water partition coefficient (Wildman–Crippen LogP) is 4.41. The van der Waals surface area contributed by atoms with Crippen LogP contribution in [0.5, 0.6) is 0 Å². The number of nitrogens with one attached hydrogen (secondary N) is 3. The van der Waals surface area contributed by atoms with Crippen molar-refractivity contribution < 1.29 is 14.4 Å². The molecule has 1 unspecified atom stereocenters. The molecule has 0 radical (unpaired) electrons. The molecule has 1 saturated heterocycles. The lowest BCUT2D eigenvalue weighted by Gasteiger charge is -2.24. The van der Waals surface area contributed by atoms with Gasteiger partial charge in [0.25, 0.3) is 0 Å². The number of hydrogen-bond acceptors (Lipinski definition) is 4. The van der Waals surface area contributed by atoms with Gasteiger partial charge >= 0.3 is 6.03 Å². The molecule has 156 valence electrons. The fraction of sp³-hybridized carbons (Fsp3) is 0.286. The van der Waals surface area contributed by atoms with Crippen LogP contribution in [0.15, 0.2) is 47.4 Å². The van der Waals surface area contributed by atoms with Crippen molar-refractivity contribution in [1.82, 2.24) is 4.90 Å². The van der Waals surface area contributed by atoms with E-state index in [1.165, 1.54) is 11.8 Å². The number of carbonyl (C=O) groups excluding carboxylic acids is 3. The summed E-state index contributed by atoms with van der Waals surface area (Å²) >= 11 is 7.31. The van der Waals surface area contributed by atoms with E-state index in [2.05, 4.69) is 16.0 Å². The highest BCUT2D eigenvalue weighted by atomic mass is 35.5. The summed E-state index contributed by atoms with van der Waals surface area (Å²) in [6.07, 6.45) is 2.01. The second-order valence-corrected chi connectivity index (χ2v) is 8.84. The minimum Gasteiger partial charge on any atom is -0.325 e. The number of urea groups is 1. The average Bonchev–Trinajstić information content (AvgIpc) is 3.25. The summed E-state index contributed by atoms with van der Waals surface area (Å²) in [5.74, 6) is -0.538. The van der Waals surface area contributed by atoms with Crippen LogP contribution < -0.4 is 16.0 Å². The molecule has 2 heterocycles. The third-order valence-electron chi connectivity index (χ3n) is 4.97. The zero-order valence-electron chi connectivity index (χ0n) is 16.1. The van der Waals surface area contributed by atoms with Crippen LogP contribution in [0.4, 0.5) is 21.9 Å². The number of benzene rings is 2. The Labute approximate surface area is 183 Å². The molecule has 9 heteroatoms. The van der Waals surface area contributed by atoms with Crippen LogP contribution in [0.3, 0.4) is 0 Å². The van der Waals surface area contributed by atoms with E-state index in [4.69, 9.17) is 11.6 Å². The molecule has 2 aromatic rings. The van der Waals surface area contributed by atoms with Gasteiger partial charge in [0.2, 0.25) is 11.8 Å². The molecule has 3 N–H and O–H groups in total. The molecule has 4 amide bonds. The quantitative estimate of drug-likeness (QED) is 0.651. The van der Waals surface area contributed by atoms with E-state index in [0.29, 0.717) is 22.1 Å². The first kappa shape index (κ1) is 20.6. The first-order chi connectivity index (χ1) is 14.5. The van der Waals surface area contributed by atoms with E-state index in [-0.39, 0.29) is 24.3 Å². The molecule has 0 saturated carbocycles. The van der Waals surface area contributed by atoms with E-state index in [9.17, 15) is 14.4 Å². The van der Waals surface area contributed by atoms with Crippen molar-refractivity contribution in [3.63, 3.8) is 0 Å². The maximum atomic E-state index is 12.6. The Morgan fingerprint density at radius 1 is 1.10 bits per heavy atom. The highest BCUT2D eigenvalue weighted by Gasteiger charge is 2.29. The van der Waals surface area contributed by atoms with Crippen molar-refractivity contribution in [2.24, 2.45) is 0 Å². The minimum atomic E-state index is -0.551. The zero-order chi connectivity index (χ0) is 21.1. The van der Waals surface area contributed by atoms with Crippen molar-refractivity contribution in [3.05, 3.63) is 47.5 Å². The zero-order valence-corrected chi connectivity index (χ0v) is 17.7. The minimum absolute atomic E-state index is 0.00692. The van der Waals surface area contributed by atoms with Gasteiger partial charge in [-0.15, -0.1) is 11.8 Å². The molecule has 2 aliphatic heterocycles. The molecule has 0 aliphatic carbocycles. The molecular formula is C21H21ClN4O3S. The van der Waals surface area contributed by atoms with Crippen molar-refractivity contribution in [2.75, 3.05) is 29.0 Å². The summed E-state index contributed by atoms with van der Waals surface area (Å²) in [4.78, 5) is 40.1. The number of carbonyl (C=O) groups is 3. The maximum absolute atomic E-state index is 12.6. The van der Waals surface area contributed by atoms with E-state index in [1.54, 1.807) is 41.3 Å². The average molecular weight is 445 g/mol. The monoisotopic (exact) mass is 444 g/mol. The number of para-hydroxylation sites is 2. The van der Waals surface area contributed by atoms with Gasteiger partial charge in [0.15, 0.2) is 0 Å². The van der Waals surface area contributed by atoms with E-state index < -0.39 is 5.25 Å². The molecule has 0 spiro atoms. The molecule has 4 rings (SSSR count). The molecule has 2 aliphatic rings. The predicted molar refractivity (Wildman–Crippen MR) is 119 cm³/mol. The normalized spacial score (nSPS) is 17.8. The highest BCUT2D eigenvalue weighted by molar-refractivity contribution is 8.01. The number of amides is 4. The second-order valence-electron chi connectivity index (χ2n) is 7.16. The topological polar surface area (TPSA) is 90.5 Å². The van der Waals surface area contributed by atoms with Crippen molar-refractivity contribution in [1.29, 1.82) is 0 Å². The summed E-state index contributed by atoms with van der Waals surface area (Å²) in [6, 6.07) is 12.1. The van der Waals surface area contributed by atoms with Crippen LogP contribution in [0.2, 0.25) is 5.02 Å².